The summed E-state index contributed by atoms with van der Waals surface area (Å²) < 4.78 is 0. The van der Waals surface area contributed by atoms with E-state index in [0.29, 0.717) is 0 Å². The van der Waals surface area contributed by atoms with E-state index in [1.165, 1.54) is 22.0 Å². The molecule has 0 spiro atoms. The normalized spacial score (nSPS) is 10.4. The topological polar surface area (TPSA) is 12.0 Å². The zero-order chi connectivity index (χ0) is 9.97. The van der Waals surface area contributed by atoms with Crippen molar-refractivity contribution in [1.29, 1.82) is 0 Å². The van der Waals surface area contributed by atoms with Crippen molar-refractivity contribution in [2.75, 3.05) is 12.4 Å². The summed E-state index contributed by atoms with van der Waals surface area (Å²) in [5, 5.41) is 5.78. The maximum atomic E-state index is 3.16. The van der Waals surface area contributed by atoms with Crippen molar-refractivity contribution >= 4 is 16.5 Å². The molecule has 1 heteroatoms. The Morgan fingerprint density at radius 2 is 1.79 bits per heavy atom. The monoisotopic (exact) mass is 185 g/mol. The van der Waals surface area contributed by atoms with Crippen LogP contribution in [-0.4, -0.2) is 7.05 Å². The van der Waals surface area contributed by atoms with Gasteiger partial charge < -0.3 is 5.32 Å². The van der Waals surface area contributed by atoms with Crippen molar-refractivity contribution in [2.45, 2.75) is 13.3 Å². The minimum atomic E-state index is 1.10. The van der Waals surface area contributed by atoms with Gasteiger partial charge >= 0.3 is 0 Å². The summed E-state index contributed by atoms with van der Waals surface area (Å²) in [6.45, 7) is 2.18. The van der Waals surface area contributed by atoms with Crippen molar-refractivity contribution in [3.63, 3.8) is 0 Å². The van der Waals surface area contributed by atoms with Crippen LogP contribution in [0.25, 0.3) is 10.8 Å². The molecule has 0 aromatic heterocycles. The van der Waals surface area contributed by atoms with Crippen molar-refractivity contribution in [2.24, 2.45) is 0 Å². The Hall–Kier alpha value is -1.50. The van der Waals surface area contributed by atoms with Crippen LogP contribution in [0, 0.1) is 0 Å². The van der Waals surface area contributed by atoms with E-state index in [1.807, 2.05) is 7.05 Å². The van der Waals surface area contributed by atoms with Crippen LogP contribution in [0.15, 0.2) is 36.4 Å². The number of aryl methyl sites for hydroxylation is 1. The van der Waals surface area contributed by atoms with E-state index in [0.717, 1.165) is 6.42 Å². The maximum Gasteiger partial charge on any atom is 0.0343 e. The second-order valence-corrected chi connectivity index (χ2v) is 3.50. The molecule has 0 aliphatic rings. The van der Waals surface area contributed by atoms with E-state index in [-0.39, 0.29) is 0 Å². The standard InChI is InChI=1S/C13H15N/c1-3-10-4-5-11-6-7-13(14-2)9-12(11)8-10/h4-9,14H,3H2,1-2H3. The lowest BCUT2D eigenvalue weighted by atomic mass is 10.1. The summed E-state index contributed by atoms with van der Waals surface area (Å²) in [6, 6.07) is 13.1. The van der Waals surface area contributed by atoms with Gasteiger partial charge in [-0.1, -0.05) is 31.2 Å². The van der Waals surface area contributed by atoms with Crippen LogP contribution in [0.1, 0.15) is 12.5 Å². The molecule has 0 unspecified atom stereocenters. The predicted molar refractivity (Wildman–Crippen MR) is 62.9 cm³/mol. The van der Waals surface area contributed by atoms with E-state index in [4.69, 9.17) is 0 Å². The molecule has 14 heavy (non-hydrogen) atoms. The Balaban J connectivity index is 2.60. The van der Waals surface area contributed by atoms with E-state index in [1.54, 1.807) is 0 Å². The molecule has 0 aliphatic carbocycles. The van der Waals surface area contributed by atoms with E-state index < -0.39 is 0 Å². The molecular formula is C13H15N. The van der Waals surface area contributed by atoms with Gasteiger partial charge in [-0.15, -0.1) is 0 Å². The van der Waals surface area contributed by atoms with E-state index in [9.17, 15) is 0 Å². The summed E-state index contributed by atoms with van der Waals surface area (Å²) in [6.07, 6.45) is 1.10. The van der Waals surface area contributed by atoms with Gasteiger partial charge in [-0.05, 0) is 34.9 Å². The van der Waals surface area contributed by atoms with Crippen molar-refractivity contribution in [3.8, 4) is 0 Å². The van der Waals surface area contributed by atoms with E-state index >= 15 is 0 Å². The number of hydrogen-bond donors (Lipinski definition) is 1. The fraction of sp³-hybridized carbons (Fsp3) is 0.231. The number of rotatable bonds is 2. The second kappa shape index (κ2) is 3.70. The predicted octanol–water partition coefficient (Wildman–Crippen LogP) is 3.44. The van der Waals surface area contributed by atoms with Crippen LogP contribution in [0.5, 0.6) is 0 Å². The first-order valence-corrected chi connectivity index (χ1v) is 5.04. The molecule has 0 aliphatic heterocycles. The molecule has 2 aromatic rings. The Morgan fingerprint density at radius 3 is 2.50 bits per heavy atom. The highest BCUT2D eigenvalue weighted by molar-refractivity contribution is 5.86. The van der Waals surface area contributed by atoms with Crippen LogP contribution in [-0.2, 0) is 6.42 Å². The lowest BCUT2D eigenvalue weighted by Crippen LogP contribution is -1.87. The Bertz CT molecular complexity index is 407. The number of anilines is 1. The molecule has 0 saturated heterocycles. The first kappa shape index (κ1) is 9.07. The van der Waals surface area contributed by atoms with Crippen molar-refractivity contribution < 1.29 is 0 Å². The fourth-order valence-electron chi connectivity index (χ4n) is 1.67. The van der Waals surface area contributed by atoms with Gasteiger partial charge in [0.15, 0.2) is 0 Å². The fourth-order valence-corrected chi connectivity index (χ4v) is 1.67. The first-order chi connectivity index (χ1) is 6.83. The summed E-state index contributed by atoms with van der Waals surface area (Å²) in [7, 11) is 1.95. The van der Waals surface area contributed by atoms with Gasteiger partial charge in [0, 0.05) is 12.7 Å². The van der Waals surface area contributed by atoms with Gasteiger partial charge in [-0.25, -0.2) is 0 Å². The molecule has 0 atom stereocenters. The molecule has 1 N–H and O–H groups in total. The van der Waals surface area contributed by atoms with E-state index in [2.05, 4.69) is 48.6 Å². The SMILES string of the molecule is CCc1ccc2ccc(NC)cc2c1. The maximum absolute atomic E-state index is 3.16. The quantitative estimate of drug-likeness (QED) is 0.755. The highest BCUT2D eigenvalue weighted by Gasteiger charge is 1.96. The summed E-state index contributed by atoms with van der Waals surface area (Å²) in [5.41, 5.74) is 2.57. The van der Waals surface area contributed by atoms with Gasteiger partial charge in [0.1, 0.15) is 0 Å². The minimum absolute atomic E-state index is 1.10. The smallest absolute Gasteiger partial charge is 0.0343 e. The third kappa shape index (κ3) is 1.58. The van der Waals surface area contributed by atoms with Gasteiger partial charge in [-0.2, -0.15) is 0 Å². The molecule has 0 amide bonds. The van der Waals surface area contributed by atoms with Crippen molar-refractivity contribution in [3.05, 3.63) is 42.0 Å². The lowest BCUT2D eigenvalue weighted by Gasteiger charge is -2.04. The molecule has 0 radical (unpaired) electrons. The van der Waals surface area contributed by atoms with Crippen LogP contribution in [0.4, 0.5) is 5.69 Å². The zero-order valence-corrected chi connectivity index (χ0v) is 8.67. The van der Waals surface area contributed by atoms with Gasteiger partial charge in [0.25, 0.3) is 0 Å². The molecular weight excluding hydrogens is 170 g/mol. The number of fused-ring (bicyclic) bond motifs is 1. The summed E-state index contributed by atoms with van der Waals surface area (Å²) in [4.78, 5) is 0. The molecule has 2 aromatic carbocycles. The average molecular weight is 185 g/mol. The van der Waals surface area contributed by atoms with Gasteiger partial charge in [0.2, 0.25) is 0 Å². The first-order valence-electron chi connectivity index (χ1n) is 5.04. The number of hydrogen-bond acceptors (Lipinski definition) is 1. The number of benzene rings is 2. The number of nitrogens with one attached hydrogen (secondary N) is 1. The third-order valence-electron chi connectivity index (χ3n) is 2.60. The van der Waals surface area contributed by atoms with Crippen molar-refractivity contribution in [1.82, 2.24) is 0 Å². The summed E-state index contributed by atoms with van der Waals surface area (Å²) in [5.74, 6) is 0. The molecule has 0 heterocycles. The minimum Gasteiger partial charge on any atom is -0.388 e. The molecule has 72 valence electrons. The molecule has 0 bridgehead atoms. The summed E-state index contributed by atoms with van der Waals surface area (Å²) >= 11 is 0. The molecule has 1 nitrogen and oxygen atoms in total. The second-order valence-electron chi connectivity index (χ2n) is 3.50. The molecule has 2 rings (SSSR count). The Labute approximate surface area is 84.8 Å². The lowest BCUT2D eigenvalue weighted by molar-refractivity contribution is 1.15. The van der Waals surface area contributed by atoms with Crippen LogP contribution in [0.2, 0.25) is 0 Å². The van der Waals surface area contributed by atoms with Gasteiger partial charge in [-0.3, -0.25) is 0 Å². The van der Waals surface area contributed by atoms with Crippen LogP contribution >= 0.6 is 0 Å². The van der Waals surface area contributed by atoms with Crippen LogP contribution in [0.3, 0.4) is 0 Å². The highest BCUT2D eigenvalue weighted by atomic mass is 14.8. The van der Waals surface area contributed by atoms with Gasteiger partial charge in [0.05, 0.1) is 0 Å². The highest BCUT2D eigenvalue weighted by Crippen LogP contribution is 2.20. The Morgan fingerprint density at radius 1 is 1.00 bits per heavy atom. The average Bonchev–Trinajstić information content (AvgIpc) is 2.27. The largest absolute Gasteiger partial charge is 0.388 e. The Kier molecular flexibility index (Phi) is 2.40. The zero-order valence-electron chi connectivity index (χ0n) is 8.67. The third-order valence-corrected chi connectivity index (χ3v) is 2.60. The molecule has 0 saturated carbocycles. The molecule has 0 fully saturated rings. The van der Waals surface area contributed by atoms with Crippen LogP contribution < -0.4 is 5.32 Å².